The van der Waals surface area contributed by atoms with Gasteiger partial charge in [-0.2, -0.15) is 0 Å². The summed E-state index contributed by atoms with van der Waals surface area (Å²) in [7, 11) is 0. The molecule has 0 aromatic rings. The molecule has 0 unspecified atom stereocenters. The Morgan fingerprint density at radius 1 is 1.75 bits per heavy atom. The van der Waals surface area contributed by atoms with Gasteiger partial charge in [-0.15, -0.1) is 0 Å². The predicted molar refractivity (Wildman–Crippen MR) is 51.3 cm³/mol. The number of nitrogens with zero attached hydrogens (tertiary/aromatic N) is 2. The van der Waals surface area contributed by atoms with Crippen LogP contribution in [-0.4, -0.2) is 20.4 Å². The molecule has 0 atom stereocenters. The molecule has 1 N–H and O–H groups in total. The molecule has 66 valence electrons. The molecule has 0 aliphatic carbocycles. The Morgan fingerprint density at radius 2 is 2.58 bits per heavy atom. The van der Waals surface area contributed by atoms with Gasteiger partial charge in [-0.3, -0.25) is 0 Å². The van der Waals surface area contributed by atoms with E-state index in [-0.39, 0.29) is 39.9 Å². The number of hydrogen-bond acceptors (Lipinski definition) is 3. The number of carbonyl (C=O) groups is 1. The van der Waals surface area contributed by atoms with Crippen molar-refractivity contribution in [3.63, 3.8) is 0 Å². The average Bonchev–Trinajstić information content (AvgIpc) is 2.04. The van der Waals surface area contributed by atoms with E-state index in [1.807, 2.05) is 6.20 Å². The third-order valence-electron chi connectivity index (χ3n) is 1.29. The summed E-state index contributed by atoms with van der Waals surface area (Å²) in [6.07, 6.45) is 1.91. The Bertz CT molecular complexity index is 321. The van der Waals surface area contributed by atoms with Crippen LogP contribution < -0.4 is 22.5 Å². The third kappa shape index (κ3) is 1.53. The standard InChI is InChI=1S/C6H6I2N3O/c1-4-9-6(12)5-8-7-2-3-11(5)10-4/h2-3H,1H3,(H,9,10,12)/q-1. The molecule has 2 aliphatic heterocycles. The molecule has 0 spiro atoms. The second-order valence-corrected chi connectivity index (χ2v) is 10.7. The zero-order chi connectivity index (χ0) is 8.55. The normalized spacial score (nSPS) is 22.4. The number of fused-ring (bicyclic) bond motifs is 1. The van der Waals surface area contributed by atoms with E-state index in [4.69, 9.17) is 0 Å². The number of halogens is 2. The number of nitrogens with one attached hydrogen (secondary N) is 1. The first kappa shape index (κ1) is 8.60. The molecule has 4 nitrogen and oxygen atoms in total. The zero-order valence-corrected chi connectivity index (χ0v) is 10.5. The van der Waals surface area contributed by atoms with Gasteiger partial charge in [0, 0.05) is 0 Å². The van der Waals surface area contributed by atoms with Gasteiger partial charge < -0.3 is 0 Å². The molecule has 6 heteroatoms. The SMILES string of the molecule is CC1=NN2C=C[I-]I=C2C(=O)N1. The number of rotatable bonds is 0. The number of hydrazone groups is 1. The summed E-state index contributed by atoms with van der Waals surface area (Å²) in [5.41, 5.74) is 0. The van der Waals surface area contributed by atoms with Crippen LogP contribution in [-0.2, 0) is 4.79 Å². The molecule has 0 aromatic heterocycles. The first-order valence-electron chi connectivity index (χ1n) is 3.24. The van der Waals surface area contributed by atoms with E-state index < -0.39 is 0 Å². The van der Waals surface area contributed by atoms with Crippen molar-refractivity contribution < 1.29 is 22.0 Å². The van der Waals surface area contributed by atoms with Gasteiger partial charge in [0.25, 0.3) is 0 Å². The van der Waals surface area contributed by atoms with Crippen molar-refractivity contribution in [2.75, 3.05) is 0 Å². The first-order valence-corrected chi connectivity index (χ1v) is 11.9. The predicted octanol–water partition coefficient (Wildman–Crippen LogP) is -2.66. The Morgan fingerprint density at radius 3 is 3.42 bits per heavy atom. The maximum absolute atomic E-state index is 11.4. The van der Waals surface area contributed by atoms with Crippen LogP contribution in [0.1, 0.15) is 6.92 Å². The number of amidine groups is 1. The van der Waals surface area contributed by atoms with Gasteiger partial charge in [0.2, 0.25) is 0 Å². The van der Waals surface area contributed by atoms with Crippen molar-refractivity contribution in [3.8, 4) is 0 Å². The fourth-order valence-corrected chi connectivity index (χ4v) is 8.13. The minimum atomic E-state index is -0.0596. The fraction of sp³-hybridized carbons (Fsp3) is 0.167. The van der Waals surface area contributed by atoms with Gasteiger partial charge in [0.1, 0.15) is 0 Å². The second-order valence-electron chi connectivity index (χ2n) is 2.20. The van der Waals surface area contributed by atoms with Crippen molar-refractivity contribution in [1.29, 1.82) is 0 Å². The number of hydrogen-bond donors (Lipinski definition) is 1. The van der Waals surface area contributed by atoms with Crippen molar-refractivity contribution in [2.24, 2.45) is 5.10 Å². The molecule has 0 saturated carbocycles. The molecule has 0 aromatic carbocycles. The Balaban J connectivity index is 2.38. The molecule has 0 bridgehead atoms. The molecule has 0 fully saturated rings. The Kier molecular flexibility index (Phi) is 2.44. The van der Waals surface area contributed by atoms with E-state index in [1.54, 1.807) is 11.9 Å². The summed E-state index contributed by atoms with van der Waals surface area (Å²) in [5.74, 6) is 0.733. The number of carbonyl (C=O) groups excluding carboxylic acids is 1. The monoisotopic (exact) mass is 390 g/mol. The van der Waals surface area contributed by atoms with Crippen LogP contribution in [0.25, 0.3) is 0 Å². The van der Waals surface area contributed by atoms with E-state index in [9.17, 15) is 4.79 Å². The molecule has 0 radical (unpaired) electrons. The van der Waals surface area contributed by atoms with Crippen LogP contribution in [0.4, 0.5) is 0 Å². The van der Waals surface area contributed by atoms with Crippen molar-refractivity contribution in [1.82, 2.24) is 10.3 Å². The number of amides is 1. The summed E-state index contributed by atoms with van der Waals surface area (Å²) < 4.78 is 3.07. The summed E-state index contributed by atoms with van der Waals surface area (Å²) in [5, 5.41) is 8.64. The van der Waals surface area contributed by atoms with Crippen LogP contribution in [0, 0.1) is 0 Å². The van der Waals surface area contributed by atoms with Crippen LogP contribution in [0.3, 0.4) is 0 Å². The van der Waals surface area contributed by atoms with Crippen molar-refractivity contribution in [2.45, 2.75) is 6.92 Å². The van der Waals surface area contributed by atoms with Crippen molar-refractivity contribution >= 4 is 32.1 Å². The average molecular weight is 390 g/mol. The molecule has 12 heavy (non-hydrogen) atoms. The van der Waals surface area contributed by atoms with Gasteiger partial charge in [-0.25, -0.2) is 0 Å². The van der Waals surface area contributed by atoms with E-state index in [0.29, 0.717) is 5.84 Å². The topological polar surface area (TPSA) is 44.7 Å². The van der Waals surface area contributed by atoms with E-state index in [1.165, 1.54) is 0 Å². The van der Waals surface area contributed by atoms with Crippen LogP contribution in [0.15, 0.2) is 15.4 Å². The van der Waals surface area contributed by atoms with E-state index in [2.05, 4.69) is 14.5 Å². The maximum atomic E-state index is 11.4. The van der Waals surface area contributed by atoms with Gasteiger partial charge >= 0.3 is 86.8 Å². The van der Waals surface area contributed by atoms with Gasteiger partial charge in [-0.05, 0) is 0 Å². The second kappa shape index (κ2) is 3.40. The molecule has 2 rings (SSSR count). The molecule has 2 heterocycles. The van der Waals surface area contributed by atoms with Gasteiger partial charge in [0.15, 0.2) is 0 Å². The molecule has 1 amide bonds. The summed E-state index contributed by atoms with van der Waals surface area (Å²) >= 11 is 0.0881. The summed E-state index contributed by atoms with van der Waals surface area (Å²) in [4.78, 5) is 11.4. The minimum absolute atomic E-state index is 0.0550. The fourth-order valence-electron chi connectivity index (χ4n) is 0.852. The summed E-state index contributed by atoms with van der Waals surface area (Å²) in [6, 6.07) is 0. The molecule has 0 saturated heterocycles. The van der Waals surface area contributed by atoms with Crippen molar-refractivity contribution in [3.05, 3.63) is 10.3 Å². The van der Waals surface area contributed by atoms with E-state index in [0.717, 1.165) is 3.63 Å². The Labute approximate surface area is 86.1 Å². The molecule has 2 aliphatic rings. The van der Waals surface area contributed by atoms with Gasteiger partial charge in [-0.1, -0.05) is 0 Å². The van der Waals surface area contributed by atoms with Gasteiger partial charge in [0.05, 0.1) is 0 Å². The Hall–Kier alpha value is 0.01000. The van der Waals surface area contributed by atoms with Crippen LogP contribution in [0.2, 0.25) is 0 Å². The van der Waals surface area contributed by atoms with Crippen LogP contribution >= 0.6 is 16.8 Å². The quantitative estimate of drug-likeness (QED) is 0.460. The molecular formula is C6H6I2N3O-. The van der Waals surface area contributed by atoms with Crippen LogP contribution in [0.5, 0.6) is 0 Å². The first-order chi connectivity index (χ1) is 5.77. The summed E-state index contributed by atoms with van der Waals surface area (Å²) in [6.45, 7) is 1.80. The van der Waals surface area contributed by atoms with E-state index >= 15 is 0 Å². The molecular weight excluding hydrogens is 384 g/mol. The zero-order valence-electron chi connectivity index (χ0n) is 6.21. The third-order valence-corrected chi connectivity index (χ3v) is 9.49.